The molecule has 1 heterocycles. The summed E-state index contributed by atoms with van der Waals surface area (Å²) in [5.74, 6) is 0.749. The Morgan fingerprint density at radius 3 is 2.63 bits per heavy atom. The van der Waals surface area contributed by atoms with Crippen molar-refractivity contribution in [1.82, 2.24) is 5.32 Å². The zero-order valence-corrected chi connectivity index (χ0v) is 17.8. The number of hydrogen-bond donors (Lipinski definition) is 1. The highest BCUT2D eigenvalue weighted by Gasteiger charge is 2.34. The molecular formula is C25H30N2O3. The minimum Gasteiger partial charge on any atom is -0.445 e. The van der Waals surface area contributed by atoms with Crippen LogP contribution < -0.4 is 5.32 Å². The highest BCUT2D eigenvalue weighted by Crippen LogP contribution is 2.39. The van der Waals surface area contributed by atoms with Gasteiger partial charge in [-0.3, -0.25) is 0 Å². The number of rotatable bonds is 7. The smallest absolute Gasteiger partial charge is 0.407 e. The molecular weight excluding hydrogens is 376 g/mol. The molecule has 2 aromatic rings. The van der Waals surface area contributed by atoms with Crippen LogP contribution in [0.3, 0.4) is 0 Å². The number of hydrogen-bond acceptors (Lipinski definition) is 4. The molecule has 0 aliphatic carbocycles. The molecule has 1 aliphatic heterocycles. The topological polar surface area (TPSA) is 71.3 Å². The van der Waals surface area contributed by atoms with Gasteiger partial charge < -0.3 is 14.8 Å². The molecule has 1 aliphatic rings. The number of carbonyl (C=O) groups is 1. The highest BCUT2D eigenvalue weighted by molar-refractivity contribution is 5.67. The second-order valence-corrected chi connectivity index (χ2v) is 8.48. The van der Waals surface area contributed by atoms with Gasteiger partial charge in [0.15, 0.2) is 0 Å². The number of ether oxygens (including phenoxy) is 2. The van der Waals surface area contributed by atoms with Crippen LogP contribution in [-0.4, -0.2) is 24.8 Å². The first-order valence-electron chi connectivity index (χ1n) is 10.6. The van der Waals surface area contributed by atoms with Crippen LogP contribution in [0, 0.1) is 17.2 Å². The van der Waals surface area contributed by atoms with Gasteiger partial charge in [0.25, 0.3) is 0 Å². The number of nitrogens with one attached hydrogen (secondary N) is 1. The van der Waals surface area contributed by atoms with E-state index in [-0.39, 0.29) is 18.1 Å². The molecule has 1 amide bonds. The highest BCUT2D eigenvalue weighted by atomic mass is 16.5. The van der Waals surface area contributed by atoms with Crippen LogP contribution in [0.25, 0.3) is 0 Å². The average molecular weight is 407 g/mol. The Balaban J connectivity index is 1.59. The molecule has 1 N–H and O–H groups in total. The monoisotopic (exact) mass is 406 g/mol. The van der Waals surface area contributed by atoms with E-state index in [4.69, 9.17) is 14.7 Å². The summed E-state index contributed by atoms with van der Waals surface area (Å²) >= 11 is 0. The van der Waals surface area contributed by atoms with E-state index >= 15 is 0 Å². The Hall–Kier alpha value is -2.84. The summed E-state index contributed by atoms with van der Waals surface area (Å²) < 4.78 is 11.2. The molecule has 30 heavy (non-hydrogen) atoms. The fourth-order valence-corrected chi connectivity index (χ4v) is 4.21. The van der Waals surface area contributed by atoms with Crippen molar-refractivity contribution in [1.29, 1.82) is 5.26 Å². The van der Waals surface area contributed by atoms with E-state index in [1.807, 2.05) is 54.6 Å². The number of nitriles is 1. The molecule has 2 aromatic carbocycles. The minimum atomic E-state index is -0.398. The lowest BCUT2D eigenvalue weighted by atomic mass is 9.75. The zero-order valence-electron chi connectivity index (χ0n) is 17.8. The van der Waals surface area contributed by atoms with E-state index in [2.05, 4.69) is 25.2 Å². The van der Waals surface area contributed by atoms with Crippen molar-refractivity contribution >= 4 is 6.09 Å². The van der Waals surface area contributed by atoms with Gasteiger partial charge in [-0.15, -0.1) is 0 Å². The summed E-state index contributed by atoms with van der Waals surface area (Å²) in [5, 5.41) is 12.0. The van der Waals surface area contributed by atoms with Gasteiger partial charge >= 0.3 is 6.09 Å². The van der Waals surface area contributed by atoms with Crippen molar-refractivity contribution in [2.75, 3.05) is 13.2 Å². The molecule has 3 rings (SSSR count). The van der Waals surface area contributed by atoms with Crippen LogP contribution in [0.1, 0.15) is 55.7 Å². The summed E-state index contributed by atoms with van der Waals surface area (Å²) in [6.07, 6.45) is 2.38. The second kappa shape index (κ2) is 10.3. The quantitative estimate of drug-likeness (QED) is 0.689. The van der Waals surface area contributed by atoms with E-state index in [1.54, 1.807) is 0 Å². The molecule has 2 atom stereocenters. The second-order valence-electron chi connectivity index (χ2n) is 8.48. The van der Waals surface area contributed by atoms with Crippen molar-refractivity contribution in [2.45, 2.75) is 51.2 Å². The molecule has 5 heteroatoms. The summed E-state index contributed by atoms with van der Waals surface area (Å²) in [4.78, 5) is 12.1. The largest absolute Gasteiger partial charge is 0.445 e. The first-order valence-corrected chi connectivity index (χ1v) is 10.6. The average Bonchev–Trinajstić information content (AvgIpc) is 2.75. The maximum atomic E-state index is 12.1. The van der Waals surface area contributed by atoms with Gasteiger partial charge in [0.2, 0.25) is 0 Å². The van der Waals surface area contributed by atoms with Gasteiger partial charge in [-0.05, 0) is 68.2 Å². The van der Waals surface area contributed by atoms with E-state index in [1.165, 1.54) is 5.56 Å². The Morgan fingerprint density at radius 2 is 1.97 bits per heavy atom. The van der Waals surface area contributed by atoms with Gasteiger partial charge in [-0.25, -0.2) is 4.79 Å². The minimum absolute atomic E-state index is 0.143. The third kappa shape index (κ3) is 6.33. The van der Waals surface area contributed by atoms with E-state index in [0.717, 1.165) is 31.4 Å². The summed E-state index contributed by atoms with van der Waals surface area (Å²) in [7, 11) is 0. The molecule has 0 radical (unpaired) electrons. The third-order valence-electron chi connectivity index (χ3n) is 5.71. The van der Waals surface area contributed by atoms with Crippen LogP contribution in [-0.2, 0) is 16.1 Å². The first kappa shape index (κ1) is 21.9. The van der Waals surface area contributed by atoms with Gasteiger partial charge in [-0.2, -0.15) is 5.26 Å². The van der Waals surface area contributed by atoms with Crippen molar-refractivity contribution in [3.8, 4) is 6.07 Å². The predicted molar refractivity (Wildman–Crippen MR) is 116 cm³/mol. The number of benzene rings is 2. The summed E-state index contributed by atoms with van der Waals surface area (Å²) in [6, 6.07) is 19.6. The van der Waals surface area contributed by atoms with Crippen LogP contribution in [0.15, 0.2) is 54.6 Å². The van der Waals surface area contributed by atoms with Crippen LogP contribution in [0.2, 0.25) is 0 Å². The number of nitrogens with zero attached hydrogens (tertiary/aromatic N) is 1. The molecule has 1 fully saturated rings. The van der Waals surface area contributed by atoms with Crippen molar-refractivity contribution in [3.63, 3.8) is 0 Å². The summed E-state index contributed by atoms with van der Waals surface area (Å²) in [6.45, 7) is 5.81. The lowest BCUT2D eigenvalue weighted by Crippen LogP contribution is -2.37. The summed E-state index contributed by atoms with van der Waals surface area (Å²) in [5.41, 5.74) is 2.69. The molecule has 0 aromatic heterocycles. The number of amides is 1. The SMILES string of the molecule is CC1(C)C[C@@H]([C@H](CCNC(=O)OCc2ccccc2)c2ccc(C#N)cc2)CCO1. The van der Waals surface area contributed by atoms with Crippen molar-refractivity contribution < 1.29 is 14.3 Å². The fraction of sp³-hybridized carbons (Fsp3) is 0.440. The normalized spacial score (nSPS) is 18.8. The Morgan fingerprint density at radius 1 is 1.23 bits per heavy atom. The molecule has 5 nitrogen and oxygen atoms in total. The van der Waals surface area contributed by atoms with E-state index in [9.17, 15) is 4.79 Å². The Labute approximate surface area is 179 Å². The standard InChI is InChI=1S/C25H30N2O3/c1-25(2)16-22(13-15-30-25)23(21-10-8-19(17-26)9-11-21)12-14-27-24(28)29-18-20-6-4-3-5-7-20/h3-11,22-23H,12-16,18H2,1-2H3,(H,27,28)/t22-,23+/m0/s1. The maximum absolute atomic E-state index is 12.1. The van der Waals surface area contributed by atoms with Crippen LogP contribution >= 0.6 is 0 Å². The molecule has 0 spiro atoms. The maximum Gasteiger partial charge on any atom is 0.407 e. The molecule has 0 saturated carbocycles. The van der Waals surface area contributed by atoms with Gasteiger partial charge in [-0.1, -0.05) is 42.5 Å². The zero-order chi connectivity index (χ0) is 21.4. The van der Waals surface area contributed by atoms with Crippen molar-refractivity contribution in [3.05, 3.63) is 71.3 Å². The molecule has 0 bridgehead atoms. The molecule has 158 valence electrons. The van der Waals surface area contributed by atoms with Gasteiger partial charge in [0.05, 0.1) is 17.2 Å². The molecule has 1 saturated heterocycles. The van der Waals surface area contributed by atoms with Gasteiger partial charge in [0.1, 0.15) is 6.61 Å². The van der Waals surface area contributed by atoms with E-state index in [0.29, 0.717) is 18.0 Å². The Kier molecular flexibility index (Phi) is 7.48. The fourth-order valence-electron chi connectivity index (χ4n) is 4.21. The Bertz CT molecular complexity index is 856. The first-order chi connectivity index (χ1) is 14.5. The van der Waals surface area contributed by atoms with Crippen LogP contribution in [0.5, 0.6) is 0 Å². The third-order valence-corrected chi connectivity index (χ3v) is 5.71. The number of alkyl carbamates (subject to hydrolysis) is 1. The lowest BCUT2D eigenvalue weighted by molar-refractivity contribution is -0.0771. The lowest BCUT2D eigenvalue weighted by Gasteiger charge is -2.39. The van der Waals surface area contributed by atoms with E-state index < -0.39 is 6.09 Å². The number of carbonyl (C=O) groups excluding carboxylic acids is 1. The van der Waals surface area contributed by atoms with Gasteiger partial charge in [0, 0.05) is 13.2 Å². The van der Waals surface area contributed by atoms with Crippen molar-refractivity contribution in [2.24, 2.45) is 5.92 Å². The molecule has 0 unspecified atom stereocenters. The van der Waals surface area contributed by atoms with Crippen LogP contribution in [0.4, 0.5) is 4.79 Å². The predicted octanol–water partition coefficient (Wildman–Crippen LogP) is 5.16.